The van der Waals surface area contributed by atoms with Gasteiger partial charge in [0.2, 0.25) is 5.91 Å². The number of hydrogen-bond acceptors (Lipinski definition) is 4. The van der Waals surface area contributed by atoms with Gasteiger partial charge in [-0.3, -0.25) is 14.5 Å². The van der Waals surface area contributed by atoms with Gasteiger partial charge in [-0.1, -0.05) is 6.92 Å². The van der Waals surface area contributed by atoms with Crippen molar-refractivity contribution in [2.75, 3.05) is 33.4 Å². The summed E-state index contributed by atoms with van der Waals surface area (Å²) in [4.78, 5) is 24.2. The molecule has 0 aliphatic carbocycles. The SMILES string of the molecule is CCN(CCC(=O)O)C(C)C(=O)NCCCOC. The number of likely N-dealkylation sites (N-methyl/N-ethyl adjacent to an activating group) is 1. The average Bonchev–Trinajstić information content (AvgIpc) is 2.34. The van der Waals surface area contributed by atoms with E-state index in [4.69, 9.17) is 9.84 Å². The van der Waals surface area contributed by atoms with Crippen molar-refractivity contribution in [3.63, 3.8) is 0 Å². The summed E-state index contributed by atoms with van der Waals surface area (Å²) in [5, 5.41) is 11.4. The van der Waals surface area contributed by atoms with Crippen molar-refractivity contribution >= 4 is 11.9 Å². The Labute approximate surface area is 108 Å². The van der Waals surface area contributed by atoms with Gasteiger partial charge in [0.15, 0.2) is 0 Å². The summed E-state index contributed by atoms with van der Waals surface area (Å²) in [6.45, 7) is 5.94. The first-order valence-corrected chi connectivity index (χ1v) is 6.25. The first-order valence-electron chi connectivity index (χ1n) is 6.25. The van der Waals surface area contributed by atoms with E-state index in [0.29, 0.717) is 26.2 Å². The maximum atomic E-state index is 11.8. The topological polar surface area (TPSA) is 78.9 Å². The highest BCUT2D eigenvalue weighted by molar-refractivity contribution is 5.81. The van der Waals surface area contributed by atoms with Gasteiger partial charge < -0.3 is 15.2 Å². The minimum absolute atomic E-state index is 0.0507. The molecule has 2 N–H and O–H groups in total. The predicted molar refractivity (Wildman–Crippen MR) is 68.5 cm³/mol. The molecule has 0 aromatic rings. The van der Waals surface area contributed by atoms with Gasteiger partial charge in [-0.25, -0.2) is 0 Å². The fourth-order valence-corrected chi connectivity index (χ4v) is 1.61. The van der Waals surface area contributed by atoms with Gasteiger partial charge >= 0.3 is 5.97 Å². The van der Waals surface area contributed by atoms with Crippen molar-refractivity contribution in [3.8, 4) is 0 Å². The van der Waals surface area contributed by atoms with Crippen LogP contribution in [0.25, 0.3) is 0 Å². The molecule has 0 aliphatic heterocycles. The van der Waals surface area contributed by atoms with E-state index in [-0.39, 0.29) is 18.4 Å². The highest BCUT2D eigenvalue weighted by atomic mass is 16.5. The Morgan fingerprint density at radius 2 is 2.11 bits per heavy atom. The molecule has 6 nitrogen and oxygen atoms in total. The third-order valence-electron chi connectivity index (χ3n) is 2.77. The van der Waals surface area contributed by atoms with Crippen LogP contribution in [0, 0.1) is 0 Å². The highest BCUT2D eigenvalue weighted by Gasteiger charge is 2.19. The van der Waals surface area contributed by atoms with Gasteiger partial charge in [0.1, 0.15) is 0 Å². The van der Waals surface area contributed by atoms with Gasteiger partial charge in [0.05, 0.1) is 12.5 Å². The highest BCUT2D eigenvalue weighted by Crippen LogP contribution is 2.00. The van der Waals surface area contributed by atoms with Crippen molar-refractivity contribution < 1.29 is 19.4 Å². The van der Waals surface area contributed by atoms with Crippen LogP contribution in [0.3, 0.4) is 0 Å². The zero-order valence-electron chi connectivity index (χ0n) is 11.4. The molecule has 0 heterocycles. The lowest BCUT2D eigenvalue weighted by Crippen LogP contribution is -2.46. The lowest BCUT2D eigenvalue weighted by molar-refractivity contribution is -0.138. The molecule has 106 valence electrons. The van der Waals surface area contributed by atoms with E-state index in [1.165, 1.54) is 0 Å². The van der Waals surface area contributed by atoms with Crippen LogP contribution in [0.2, 0.25) is 0 Å². The molecular weight excluding hydrogens is 236 g/mol. The molecule has 0 saturated heterocycles. The van der Waals surface area contributed by atoms with Crippen molar-refractivity contribution in [1.82, 2.24) is 10.2 Å². The van der Waals surface area contributed by atoms with Crippen LogP contribution in [0.15, 0.2) is 0 Å². The van der Waals surface area contributed by atoms with Gasteiger partial charge in [-0.05, 0) is 19.9 Å². The van der Waals surface area contributed by atoms with Gasteiger partial charge in [0, 0.05) is 26.8 Å². The number of rotatable bonds is 10. The second kappa shape index (κ2) is 9.85. The first kappa shape index (κ1) is 16.9. The quantitative estimate of drug-likeness (QED) is 0.553. The first-order chi connectivity index (χ1) is 8.52. The van der Waals surface area contributed by atoms with E-state index in [0.717, 1.165) is 6.42 Å². The van der Waals surface area contributed by atoms with Crippen molar-refractivity contribution in [2.45, 2.75) is 32.7 Å². The van der Waals surface area contributed by atoms with Crippen LogP contribution in [-0.4, -0.2) is 61.3 Å². The Bertz CT molecular complexity index is 258. The Kier molecular flexibility index (Phi) is 9.22. The zero-order valence-corrected chi connectivity index (χ0v) is 11.4. The third kappa shape index (κ3) is 7.24. The molecular formula is C12H24N2O4. The molecule has 6 heteroatoms. The number of carboxylic acid groups (broad SMARTS) is 1. The Morgan fingerprint density at radius 1 is 1.44 bits per heavy atom. The molecule has 0 aromatic heterocycles. The van der Waals surface area contributed by atoms with E-state index in [9.17, 15) is 9.59 Å². The van der Waals surface area contributed by atoms with E-state index in [1.54, 1.807) is 14.0 Å². The molecule has 0 bridgehead atoms. The summed E-state index contributed by atoms with van der Waals surface area (Å²) in [5.41, 5.74) is 0. The number of carbonyl (C=O) groups excluding carboxylic acids is 1. The fraction of sp³-hybridized carbons (Fsp3) is 0.833. The lowest BCUT2D eigenvalue weighted by atomic mass is 10.2. The molecule has 18 heavy (non-hydrogen) atoms. The van der Waals surface area contributed by atoms with E-state index in [2.05, 4.69) is 5.32 Å². The lowest BCUT2D eigenvalue weighted by Gasteiger charge is -2.26. The molecule has 0 fully saturated rings. The van der Waals surface area contributed by atoms with Crippen LogP contribution in [0.1, 0.15) is 26.7 Å². The van der Waals surface area contributed by atoms with Crippen molar-refractivity contribution in [2.24, 2.45) is 0 Å². The van der Waals surface area contributed by atoms with E-state index in [1.807, 2.05) is 11.8 Å². The van der Waals surface area contributed by atoms with Gasteiger partial charge in [-0.2, -0.15) is 0 Å². The molecule has 0 aliphatic rings. The summed E-state index contributed by atoms with van der Waals surface area (Å²) in [5.74, 6) is -0.917. The molecule has 1 atom stereocenters. The number of carbonyl (C=O) groups is 2. The van der Waals surface area contributed by atoms with Crippen molar-refractivity contribution in [1.29, 1.82) is 0 Å². The number of amides is 1. The smallest absolute Gasteiger partial charge is 0.304 e. The van der Waals surface area contributed by atoms with Crippen LogP contribution in [0.5, 0.6) is 0 Å². The molecule has 0 aromatic carbocycles. The molecule has 1 amide bonds. The number of nitrogens with one attached hydrogen (secondary N) is 1. The summed E-state index contributed by atoms with van der Waals surface area (Å²) in [6.07, 6.45) is 0.825. The Hall–Kier alpha value is -1.14. The summed E-state index contributed by atoms with van der Waals surface area (Å²) in [6, 6.07) is -0.308. The summed E-state index contributed by atoms with van der Waals surface area (Å²) in [7, 11) is 1.62. The second-order valence-electron chi connectivity index (χ2n) is 4.09. The number of methoxy groups -OCH3 is 1. The summed E-state index contributed by atoms with van der Waals surface area (Å²) >= 11 is 0. The van der Waals surface area contributed by atoms with Crippen LogP contribution in [-0.2, 0) is 14.3 Å². The number of hydrogen-bond donors (Lipinski definition) is 2. The molecule has 0 radical (unpaired) electrons. The molecule has 1 unspecified atom stereocenters. The molecule has 0 saturated carbocycles. The van der Waals surface area contributed by atoms with Crippen molar-refractivity contribution in [3.05, 3.63) is 0 Å². The van der Waals surface area contributed by atoms with E-state index < -0.39 is 5.97 Å². The Balaban J connectivity index is 4.02. The summed E-state index contributed by atoms with van der Waals surface area (Å²) < 4.78 is 4.89. The van der Waals surface area contributed by atoms with Gasteiger partial charge in [-0.15, -0.1) is 0 Å². The van der Waals surface area contributed by atoms with Crippen LogP contribution in [0.4, 0.5) is 0 Å². The number of carboxylic acids is 1. The van der Waals surface area contributed by atoms with Gasteiger partial charge in [0.25, 0.3) is 0 Å². The number of nitrogens with zero attached hydrogens (tertiary/aromatic N) is 1. The monoisotopic (exact) mass is 260 g/mol. The Morgan fingerprint density at radius 3 is 2.61 bits per heavy atom. The maximum absolute atomic E-state index is 11.8. The minimum atomic E-state index is -0.846. The number of aliphatic carboxylic acids is 1. The minimum Gasteiger partial charge on any atom is -0.481 e. The van der Waals surface area contributed by atoms with E-state index >= 15 is 0 Å². The van der Waals surface area contributed by atoms with Crippen LogP contribution < -0.4 is 5.32 Å². The standard InChI is InChI=1S/C12H24N2O4/c1-4-14(8-6-11(15)16)10(2)12(17)13-7-5-9-18-3/h10H,4-9H2,1-3H3,(H,13,17)(H,15,16). The second-order valence-corrected chi connectivity index (χ2v) is 4.09. The number of ether oxygens (including phenoxy) is 1. The largest absolute Gasteiger partial charge is 0.481 e. The zero-order chi connectivity index (χ0) is 14.0. The maximum Gasteiger partial charge on any atom is 0.304 e. The average molecular weight is 260 g/mol. The predicted octanol–water partition coefficient (Wildman–Crippen LogP) is 0.324. The van der Waals surface area contributed by atoms with Crippen LogP contribution >= 0.6 is 0 Å². The molecule has 0 rings (SSSR count). The third-order valence-corrected chi connectivity index (χ3v) is 2.77. The fourth-order valence-electron chi connectivity index (χ4n) is 1.61. The molecule has 0 spiro atoms. The normalized spacial score (nSPS) is 12.4.